The lowest BCUT2D eigenvalue weighted by Crippen LogP contribution is -2.20. The van der Waals surface area contributed by atoms with Gasteiger partial charge in [-0.2, -0.15) is 0 Å². The van der Waals surface area contributed by atoms with Crippen LogP contribution >= 0.6 is 11.6 Å². The van der Waals surface area contributed by atoms with Crippen molar-refractivity contribution in [1.82, 2.24) is 4.98 Å². The van der Waals surface area contributed by atoms with E-state index >= 15 is 0 Å². The van der Waals surface area contributed by atoms with Crippen LogP contribution in [0.2, 0.25) is 5.02 Å². The molecule has 0 saturated heterocycles. The van der Waals surface area contributed by atoms with Gasteiger partial charge in [-0.1, -0.05) is 48.0 Å². The molecule has 2 amide bonds. The van der Waals surface area contributed by atoms with Crippen molar-refractivity contribution in [2.45, 2.75) is 0 Å². The molecule has 1 aromatic heterocycles. The fraction of sp³-hybridized carbons (Fsp3) is 0. The number of hydrogen-bond donors (Lipinski definition) is 2. The van der Waals surface area contributed by atoms with E-state index in [1.807, 2.05) is 42.5 Å². The van der Waals surface area contributed by atoms with Crippen molar-refractivity contribution in [3.63, 3.8) is 0 Å². The van der Waals surface area contributed by atoms with E-state index in [4.69, 9.17) is 11.6 Å². The molecule has 0 atom stereocenters. The van der Waals surface area contributed by atoms with Gasteiger partial charge in [-0.3, -0.25) is 5.32 Å². The minimum absolute atomic E-state index is 0.360. The summed E-state index contributed by atoms with van der Waals surface area (Å²) in [6, 6.07) is 16.5. The van der Waals surface area contributed by atoms with Crippen molar-refractivity contribution < 1.29 is 4.79 Å². The molecule has 0 aliphatic heterocycles. The predicted molar refractivity (Wildman–Crippen MR) is 85.8 cm³/mol. The molecule has 104 valence electrons. The number of benzene rings is 2. The highest BCUT2D eigenvalue weighted by atomic mass is 35.5. The van der Waals surface area contributed by atoms with Crippen molar-refractivity contribution in [2.24, 2.45) is 0 Å². The Bertz CT molecular complexity index is 799. The molecule has 4 nitrogen and oxygen atoms in total. The van der Waals surface area contributed by atoms with Crippen molar-refractivity contribution >= 4 is 39.9 Å². The molecule has 3 rings (SSSR count). The van der Waals surface area contributed by atoms with Crippen molar-refractivity contribution in [1.29, 1.82) is 0 Å². The first-order chi connectivity index (χ1) is 10.2. The third-order valence-electron chi connectivity index (χ3n) is 3.00. The summed E-state index contributed by atoms with van der Waals surface area (Å²) in [5.41, 5.74) is 0.743. The van der Waals surface area contributed by atoms with Crippen molar-refractivity contribution in [3.8, 4) is 0 Å². The van der Waals surface area contributed by atoms with Gasteiger partial charge in [0.1, 0.15) is 5.82 Å². The molecule has 0 spiro atoms. The zero-order chi connectivity index (χ0) is 14.7. The standard InChI is InChI=1S/C16H12ClN3O/c17-12-8-9-18-15(10-12)20-16(21)19-14-7-3-5-11-4-1-2-6-13(11)14/h1-10H,(H2,18,19,20,21). The highest BCUT2D eigenvalue weighted by Crippen LogP contribution is 2.23. The van der Waals surface area contributed by atoms with Gasteiger partial charge in [-0.05, 0) is 23.6 Å². The number of amides is 2. The number of carbonyl (C=O) groups is 1. The van der Waals surface area contributed by atoms with Gasteiger partial charge in [-0.15, -0.1) is 0 Å². The van der Waals surface area contributed by atoms with E-state index in [1.54, 1.807) is 12.1 Å². The molecule has 5 heteroatoms. The van der Waals surface area contributed by atoms with E-state index < -0.39 is 0 Å². The summed E-state index contributed by atoms with van der Waals surface area (Å²) in [5, 5.41) is 8.04. The number of carbonyl (C=O) groups excluding carboxylic acids is 1. The Balaban J connectivity index is 1.80. The molecule has 0 fully saturated rings. The fourth-order valence-electron chi connectivity index (χ4n) is 2.08. The van der Waals surface area contributed by atoms with Gasteiger partial charge in [0, 0.05) is 16.6 Å². The molecule has 3 aromatic rings. The Kier molecular flexibility index (Phi) is 3.71. The minimum Gasteiger partial charge on any atom is -0.307 e. The number of rotatable bonds is 2. The van der Waals surface area contributed by atoms with Crippen molar-refractivity contribution in [3.05, 3.63) is 65.8 Å². The molecule has 0 saturated carbocycles. The van der Waals surface area contributed by atoms with Gasteiger partial charge in [-0.25, -0.2) is 9.78 Å². The second-order valence-corrected chi connectivity index (χ2v) is 4.90. The summed E-state index contributed by atoms with van der Waals surface area (Å²) in [6.45, 7) is 0. The number of fused-ring (bicyclic) bond motifs is 1. The molecule has 2 aromatic carbocycles. The summed E-state index contributed by atoms with van der Waals surface area (Å²) < 4.78 is 0. The SMILES string of the molecule is O=C(Nc1cc(Cl)ccn1)Nc1cccc2ccccc12. The number of halogens is 1. The predicted octanol–water partition coefficient (Wildman–Crippen LogP) is 4.53. The molecule has 0 radical (unpaired) electrons. The zero-order valence-corrected chi connectivity index (χ0v) is 11.8. The summed E-state index contributed by atoms with van der Waals surface area (Å²) in [5.74, 6) is 0.403. The first kappa shape index (κ1) is 13.4. The van der Waals surface area contributed by atoms with Crippen LogP contribution in [0.4, 0.5) is 16.3 Å². The lowest BCUT2D eigenvalue weighted by atomic mass is 10.1. The van der Waals surface area contributed by atoms with Gasteiger partial charge >= 0.3 is 6.03 Å². The normalized spacial score (nSPS) is 10.3. The molecular formula is C16H12ClN3O. The first-order valence-corrected chi connectivity index (χ1v) is 6.77. The van der Waals surface area contributed by atoms with E-state index in [9.17, 15) is 4.79 Å². The molecule has 1 heterocycles. The molecule has 0 bridgehead atoms. The van der Waals surface area contributed by atoms with Crippen molar-refractivity contribution in [2.75, 3.05) is 10.6 Å². The summed E-state index contributed by atoms with van der Waals surface area (Å²) in [6.07, 6.45) is 1.54. The van der Waals surface area contributed by atoms with E-state index in [1.165, 1.54) is 6.20 Å². The number of aromatic nitrogens is 1. The van der Waals surface area contributed by atoms with Crippen LogP contribution in [-0.2, 0) is 0 Å². The summed E-state index contributed by atoms with van der Waals surface area (Å²) >= 11 is 5.85. The van der Waals surface area contributed by atoms with Crippen LogP contribution in [0.5, 0.6) is 0 Å². The molecular weight excluding hydrogens is 286 g/mol. The number of nitrogens with zero attached hydrogens (tertiary/aromatic N) is 1. The second-order valence-electron chi connectivity index (χ2n) is 4.47. The Morgan fingerprint density at radius 3 is 2.67 bits per heavy atom. The van der Waals surface area contributed by atoms with Crippen LogP contribution in [0.25, 0.3) is 10.8 Å². The fourth-order valence-corrected chi connectivity index (χ4v) is 2.24. The molecule has 0 aliphatic carbocycles. The largest absolute Gasteiger partial charge is 0.324 e. The minimum atomic E-state index is -0.360. The van der Waals surface area contributed by atoms with E-state index in [0.717, 1.165) is 16.5 Å². The lowest BCUT2D eigenvalue weighted by molar-refractivity contribution is 0.262. The van der Waals surface area contributed by atoms with Gasteiger partial charge in [0.2, 0.25) is 0 Å². The maximum Gasteiger partial charge on any atom is 0.324 e. The summed E-state index contributed by atoms with van der Waals surface area (Å²) in [4.78, 5) is 16.1. The third kappa shape index (κ3) is 3.12. The van der Waals surface area contributed by atoms with E-state index in [0.29, 0.717) is 10.8 Å². The number of anilines is 2. The number of urea groups is 1. The molecule has 21 heavy (non-hydrogen) atoms. The van der Waals surface area contributed by atoms with Gasteiger partial charge in [0.25, 0.3) is 0 Å². The van der Waals surface area contributed by atoms with Crippen LogP contribution in [0.15, 0.2) is 60.8 Å². The topological polar surface area (TPSA) is 54.0 Å². The maximum atomic E-state index is 12.0. The monoisotopic (exact) mass is 297 g/mol. The number of pyridine rings is 1. The smallest absolute Gasteiger partial charge is 0.307 e. The van der Waals surface area contributed by atoms with Crippen LogP contribution in [0, 0.1) is 0 Å². The van der Waals surface area contributed by atoms with Crippen LogP contribution < -0.4 is 10.6 Å². The number of nitrogens with one attached hydrogen (secondary N) is 2. The molecule has 2 N–H and O–H groups in total. The Morgan fingerprint density at radius 2 is 1.81 bits per heavy atom. The molecule has 0 aliphatic rings. The van der Waals surface area contributed by atoms with E-state index in [2.05, 4.69) is 15.6 Å². The molecule has 0 unspecified atom stereocenters. The van der Waals surface area contributed by atoms with Crippen LogP contribution in [-0.4, -0.2) is 11.0 Å². The first-order valence-electron chi connectivity index (χ1n) is 6.40. The van der Waals surface area contributed by atoms with Gasteiger partial charge < -0.3 is 5.32 Å². The second kappa shape index (κ2) is 5.81. The van der Waals surface area contributed by atoms with Gasteiger partial charge in [0.15, 0.2) is 0 Å². The number of hydrogen-bond acceptors (Lipinski definition) is 2. The van der Waals surface area contributed by atoms with Crippen LogP contribution in [0.1, 0.15) is 0 Å². The zero-order valence-electron chi connectivity index (χ0n) is 11.0. The highest BCUT2D eigenvalue weighted by Gasteiger charge is 2.06. The average molecular weight is 298 g/mol. The van der Waals surface area contributed by atoms with Crippen LogP contribution in [0.3, 0.4) is 0 Å². The quantitative estimate of drug-likeness (QED) is 0.730. The van der Waals surface area contributed by atoms with Gasteiger partial charge in [0.05, 0.1) is 5.69 Å². The summed E-state index contributed by atoms with van der Waals surface area (Å²) in [7, 11) is 0. The third-order valence-corrected chi connectivity index (χ3v) is 3.24. The Labute approximate surface area is 126 Å². The lowest BCUT2D eigenvalue weighted by Gasteiger charge is -2.09. The average Bonchev–Trinajstić information content (AvgIpc) is 2.47. The van der Waals surface area contributed by atoms with E-state index in [-0.39, 0.29) is 6.03 Å². The Morgan fingerprint density at radius 1 is 1.00 bits per heavy atom. The maximum absolute atomic E-state index is 12.0. The highest BCUT2D eigenvalue weighted by molar-refractivity contribution is 6.30. The Hall–Kier alpha value is -2.59.